The second kappa shape index (κ2) is 11.2. The SMILES string of the molecule is COCCOCCOCCOCc1cc(F)ccc1C#N. The van der Waals surface area contributed by atoms with Gasteiger partial charge in [0.1, 0.15) is 5.82 Å². The molecule has 0 atom stereocenters. The van der Waals surface area contributed by atoms with Crippen LogP contribution in [0.4, 0.5) is 4.39 Å². The highest BCUT2D eigenvalue weighted by Crippen LogP contribution is 2.11. The van der Waals surface area contributed by atoms with Crippen molar-refractivity contribution in [1.29, 1.82) is 5.26 Å². The Kier molecular flexibility index (Phi) is 9.33. The zero-order chi connectivity index (χ0) is 15.3. The summed E-state index contributed by atoms with van der Waals surface area (Å²) in [5.41, 5.74) is 0.962. The van der Waals surface area contributed by atoms with E-state index in [1.165, 1.54) is 18.2 Å². The van der Waals surface area contributed by atoms with Gasteiger partial charge >= 0.3 is 0 Å². The van der Waals surface area contributed by atoms with Crippen LogP contribution in [0.25, 0.3) is 0 Å². The lowest BCUT2D eigenvalue weighted by atomic mass is 10.1. The van der Waals surface area contributed by atoms with E-state index in [0.29, 0.717) is 50.8 Å². The van der Waals surface area contributed by atoms with Crippen molar-refractivity contribution in [3.05, 3.63) is 35.1 Å². The van der Waals surface area contributed by atoms with Crippen LogP contribution in [0, 0.1) is 17.1 Å². The minimum atomic E-state index is -0.378. The van der Waals surface area contributed by atoms with Gasteiger partial charge in [0, 0.05) is 7.11 Å². The lowest BCUT2D eigenvalue weighted by molar-refractivity contribution is 0.000820. The van der Waals surface area contributed by atoms with E-state index in [1.807, 2.05) is 6.07 Å². The molecule has 0 unspecified atom stereocenters. The molecule has 0 heterocycles. The van der Waals surface area contributed by atoms with Crippen molar-refractivity contribution in [2.45, 2.75) is 6.61 Å². The molecule has 21 heavy (non-hydrogen) atoms. The van der Waals surface area contributed by atoms with Gasteiger partial charge in [-0.2, -0.15) is 5.26 Å². The monoisotopic (exact) mass is 297 g/mol. The van der Waals surface area contributed by atoms with Crippen LogP contribution in [0.15, 0.2) is 18.2 Å². The molecule has 6 heteroatoms. The van der Waals surface area contributed by atoms with Crippen molar-refractivity contribution in [1.82, 2.24) is 0 Å². The number of nitriles is 1. The number of ether oxygens (including phenoxy) is 4. The second-order valence-corrected chi connectivity index (χ2v) is 4.18. The largest absolute Gasteiger partial charge is 0.382 e. The Labute approximate surface area is 124 Å². The molecule has 0 saturated heterocycles. The minimum absolute atomic E-state index is 0.189. The summed E-state index contributed by atoms with van der Waals surface area (Å²) in [5, 5.41) is 8.90. The summed E-state index contributed by atoms with van der Waals surface area (Å²) in [7, 11) is 1.62. The van der Waals surface area contributed by atoms with Gasteiger partial charge in [-0.3, -0.25) is 0 Å². The van der Waals surface area contributed by atoms with E-state index in [2.05, 4.69) is 0 Å². The van der Waals surface area contributed by atoms with Crippen molar-refractivity contribution < 1.29 is 23.3 Å². The van der Waals surface area contributed by atoms with Gasteiger partial charge in [-0.05, 0) is 23.8 Å². The van der Waals surface area contributed by atoms with Gasteiger partial charge < -0.3 is 18.9 Å². The Morgan fingerprint density at radius 2 is 1.62 bits per heavy atom. The van der Waals surface area contributed by atoms with E-state index in [9.17, 15) is 4.39 Å². The molecule has 0 aromatic heterocycles. The molecule has 0 bridgehead atoms. The van der Waals surface area contributed by atoms with E-state index in [4.69, 9.17) is 24.2 Å². The summed E-state index contributed by atoms with van der Waals surface area (Å²) in [6.45, 7) is 3.09. The first-order valence-corrected chi connectivity index (χ1v) is 6.68. The molecule has 116 valence electrons. The van der Waals surface area contributed by atoms with Crippen molar-refractivity contribution in [3.8, 4) is 6.07 Å². The average Bonchev–Trinajstić information content (AvgIpc) is 2.49. The van der Waals surface area contributed by atoms with Gasteiger partial charge in [0.2, 0.25) is 0 Å². The Balaban J connectivity index is 2.07. The number of hydrogen-bond donors (Lipinski definition) is 0. The van der Waals surface area contributed by atoms with E-state index in [-0.39, 0.29) is 12.4 Å². The molecule has 0 radical (unpaired) electrons. The molecule has 0 fully saturated rings. The van der Waals surface area contributed by atoms with Gasteiger partial charge in [0.05, 0.1) is 57.9 Å². The van der Waals surface area contributed by atoms with Crippen LogP contribution in [0.1, 0.15) is 11.1 Å². The number of nitrogens with zero attached hydrogens (tertiary/aromatic N) is 1. The van der Waals surface area contributed by atoms with Crippen LogP contribution in [-0.2, 0) is 25.6 Å². The Morgan fingerprint density at radius 3 is 2.24 bits per heavy atom. The maximum atomic E-state index is 13.1. The van der Waals surface area contributed by atoms with Gasteiger partial charge in [0.25, 0.3) is 0 Å². The molecule has 0 spiro atoms. The molecule has 0 amide bonds. The standard InChI is InChI=1S/C15H20FNO4/c1-18-4-5-19-6-7-20-8-9-21-12-14-10-15(16)3-2-13(14)11-17/h2-3,10H,4-9,12H2,1H3. The van der Waals surface area contributed by atoms with Crippen LogP contribution < -0.4 is 0 Å². The van der Waals surface area contributed by atoms with E-state index in [1.54, 1.807) is 7.11 Å². The van der Waals surface area contributed by atoms with Gasteiger partial charge in [0.15, 0.2) is 0 Å². The fourth-order valence-electron chi connectivity index (χ4n) is 1.55. The Hall–Kier alpha value is -1.52. The molecule has 1 aromatic carbocycles. The van der Waals surface area contributed by atoms with Gasteiger partial charge in [-0.25, -0.2) is 4.39 Å². The van der Waals surface area contributed by atoms with Crippen molar-refractivity contribution in [2.75, 3.05) is 46.8 Å². The smallest absolute Gasteiger partial charge is 0.123 e. The summed E-state index contributed by atoms with van der Waals surface area (Å²) >= 11 is 0. The van der Waals surface area contributed by atoms with Crippen LogP contribution in [-0.4, -0.2) is 46.8 Å². The first-order valence-electron chi connectivity index (χ1n) is 6.68. The predicted molar refractivity (Wildman–Crippen MR) is 74.3 cm³/mol. The number of halogens is 1. The highest BCUT2D eigenvalue weighted by molar-refractivity contribution is 5.37. The van der Waals surface area contributed by atoms with Crippen molar-refractivity contribution in [3.63, 3.8) is 0 Å². The maximum absolute atomic E-state index is 13.1. The summed E-state index contributed by atoms with van der Waals surface area (Å²) < 4.78 is 33.8. The highest BCUT2D eigenvalue weighted by atomic mass is 19.1. The van der Waals surface area contributed by atoms with Gasteiger partial charge in [-0.1, -0.05) is 0 Å². The van der Waals surface area contributed by atoms with Crippen molar-refractivity contribution >= 4 is 0 Å². The third kappa shape index (κ3) is 7.73. The lowest BCUT2D eigenvalue weighted by Gasteiger charge is -2.07. The lowest BCUT2D eigenvalue weighted by Crippen LogP contribution is -2.11. The maximum Gasteiger partial charge on any atom is 0.123 e. The molecule has 0 N–H and O–H groups in total. The van der Waals surface area contributed by atoms with E-state index in [0.717, 1.165) is 0 Å². The predicted octanol–water partition coefficient (Wildman–Crippen LogP) is 1.89. The number of rotatable bonds is 11. The number of methoxy groups -OCH3 is 1. The molecule has 1 rings (SSSR count). The number of hydrogen-bond acceptors (Lipinski definition) is 5. The molecule has 0 aliphatic heterocycles. The Bertz CT molecular complexity index is 448. The fourth-order valence-corrected chi connectivity index (χ4v) is 1.55. The first-order chi connectivity index (χ1) is 10.3. The minimum Gasteiger partial charge on any atom is -0.382 e. The molecular weight excluding hydrogens is 277 g/mol. The highest BCUT2D eigenvalue weighted by Gasteiger charge is 2.03. The molecule has 0 saturated carbocycles. The second-order valence-electron chi connectivity index (χ2n) is 4.18. The van der Waals surface area contributed by atoms with Crippen LogP contribution >= 0.6 is 0 Å². The summed E-state index contributed by atoms with van der Waals surface area (Å²) in [6.07, 6.45) is 0. The molecule has 0 aliphatic rings. The van der Waals surface area contributed by atoms with Gasteiger partial charge in [-0.15, -0.1) is 0 Å². The third-order valence-corrected chi connectivity index (χ3v) is 2.62. The fraction of sp³-hybridized carbons (Fsp3) is 0.533. The summed E-state index contributed by atoms with van der Waals surface area (Å²) in [5.74, 6) is -0.378. The summed E-state index contributed by atoms with van der Waals surface area (Å²) in [6, 6.07) is 6.02. The zero-order valence-electron chi connectivity index (χ0n) is 12.1. The third-order valence-electron chi connectivity index (χ3n) is 2.62. The molecular formula is C15H20FNO4. The zero-order valence-corrected chi connectivity index (χ0v) is 12.1. The topological polar surface area (TPSA) is 60.7 Å². The molecule has 0 aliphatic carbocycles. The van der Waals surface area contributed by atoms with E-state index < -0.39 is 0 Å². The van der Waals surface area contributed by atoms with Crippen LogP contribution in [0.2, 0.25) is 0 Å². The average molecular weight is 297 g/mol. The number of benzene rings is 1. The van der Waals surface area contributed by atoms with Crippen LogP contribution in [0.3, 0.4) is 0 Å². The summed E-state index contributed by atoms with van der Waals surface area (Å²) in [4.78, 5) is 0. The first kappa shape index (κ1) is 17.5. The quantitative estimate of drug-likeness (QED) is 0.584. The normalized spacial score (nSPS) is 10.5. The molecule has 1 aromatic rings. The van der Waals surface area contributed by atoms with Crippen molar-refractivity contribution in [2.24, 2.45) is 0 Å². The van der Waals surface area contributed by atoms with Crippen LogP contribution in [0.5, 0.6) is 0 Å². The Morgan fingerprint density at radius 1 is 1.00 bits per heavy atom. The molecule has 5 nitrogen and oxygen atoms in total. The van der Waals surface area contributed by atoms with E-state index >= 15 is 0 Å².